The molecule has 0 spiro atoms. The number of aromatic nitrogens is 1. The summed E-state index contributed by atoms with van der Waals surface area (Å²) in [5.41, 5.74) is 2.64. The zero-order valence-corrected chi connectivity index (χ0v) is 12.5. The van der Waals surface area contributed by atoms with Gasteiger partial charge in [-0.2, -0.15) is 0 Å². The second kappa shape index (κ2) is 5.90. The lowest BCUT2D eigenvalue weighted by Crippen LogP contribution is -2.20. The van der Waals surface area contributed by atoms with Crippen LogP contribution < -0.4 is 0 Å². The van der Waals surface area contributed by atoms with Gasteiger partial charge in [-0.25, -0.2) is 0 Å². The number of carbonyl (C=O) groups is 1. The highest BCUT2D eigenvalue weighted by Crippen LogP contribution is 2.26. The molecule has 1 aliphatic rings. The summed E-state index contributed by atoms with van der Waals surface area (Å²) in [5.74, 6) is -0.140. The predicted molar refractivity (Wildman–Crippen MR) is 83.2 cm³/mol. The van der Waals surface area contributed by atoms with Gasteiger partial charge in [-0.1, -0.05) is 18.2 Å². The van der Waals surface area contributed by atoms with Crippen LogP contribution in [0.25, 0.3) is 10.9 Å². The lowest BCUT2D eigenvalue weighted by Gasteiger charge is -2.15. The predicted octanol–water partition coefficient (Wildman–Crippen LogP) is 2.87. The average molecular weight is 286 g/mol. The Morgan fingerprint density at radius 3 is 3.00 bits per heavy atom. The first-order valence-electron chi connectivity index (χ1n) is 7.60. The Morgan fingerprint density at radius 2 is 2.19 bits per heavy atom. The number of nitrogens with zero attached hydrogens (tertiary/aromatic N) is 2. The highest BCUT2D eigenvalue weighted by Gasteiger charge is 2.23. The third-order valence-electron chi connectivity index (χ3n) is 4.51. The summed E-state index contributed by atoms with van der Waals surface area (Å²) in [5, 5.41) is 10.1. The van der Waals surface area contributed by atoms with Crippen molar-refractivity contribution in [3.63, 3.8) is 0 Å². The molecular formula is C17H22N2O2. The molecule has 1 fully saturated rings. The van der Waals surface area contributed by atoms with Crippen LogP contribution in [-0.4, -0.2) is 33.6 Å². The third kappa shape index (κ3) is 3.10. The van der Waals surface area contributed by atoms with E-state index in [9.17, 15) is 4.79 Å². The van der Waals surface area contributed by atoms with Crippen molar-refractivity contribution in [3.8, 4) is 0 Å². The van der Waals surface area contributed by atoms with Crippen molar-refractivity contribution in [1.29, 1.82) is 0 Å². The molecule has 4 heteroatoms. The molecule has 0 saturated carbocycles. The fourth-order valence-corrected chi connectivity index (χ4v) is 3.41. The van der Waals surface area contributed by atoms with Gasteiger partial charge in [0.15, 0.2) is 0 Å². The fraction of sp³-hybridized carbons (Fsp3) is 0.471. The van der Waals surface area contributed by atoms with Crippen molar-refractivity contribution in [1.82, 2.24) is 9.47 Å². The summed E-state index contributed by atoms with van der Waals surface area (Å²) < 4.78 is 2.18. The van der Waals surface area contributed by atoms with Gasteiger partial charge < -0.3 is 9.67 Å². The largest absolute Gasteiger partial charge is 0.481 e. The molecule has 21 heavy (non-hydrogen) atoms. The second-order valence-electron chi connectivity index (χ2n) is 6.10. The molecule has 112 valence electrons. The number of aliphatic carboxylic acids is 1. The first-order valence-corrected chi connectivity index (χ1v) is 7.60. The molecule has 0 bridgehead atoms. The number of carboxylic acids is 1. The molecule has 2 aromatic rings. The van der Waals surface area contributed by atoms with Crippen LogP contribution in [0.4, 0.5) is 0 Å². The summed E-state index contributed by atoms with van der Waals surface area (Å²) >= 11 is 0. The van der Waals surface area contributed by atoms with Crippen LogP contribution in [0.5, 0.6) is 0 Å². The number of benzene rings is 1. The molecule has 3 rings (SSSR count). The Labute approximate surface area is 125 Å². The number of rotatable bonds is 5. The van der Waals surface area contributed by atoms with E-state index in [1.165, 1.54) is 16.5 Å². The number of hydrogen-bond donors (Lipinski definition) is 1. The number of likely N-dealkylation sites (tertiary alicyclic amines) is 1. The Balaban J connectivity index is 1.65. The zero-order chi connectivity index (χ0) is 14.8. The molecule has 2 heterocycles. The number of fused-ring (bicyclic) bond motifs is 1. The molecule has 4 nitrogen and oxygen atoms in total. The third-order valence-corrected chi connectivity index (χ3v) is 4.51. The molecule has 1 saturated heterocycles. The van der Waals surface area contributed by atoms with Gasteiger partial charge in [0.2, 0.25) is 0 Å². The van der Waals surface area contributed by atoms with Crippen LogP contribution in [0.2, 0.25) is 0 Å². The van der Waals surface area contributed by atoms with Crippen LogP contribution in [0.3, 0.4) is 0 Å². The van der Waals surface area contributed by atoms with Gasteiger partial charge in [0.05, 0.1) is 0 Å². The highest BCUT2D eigenvalue weighted by molar-refractivity contribution is 5.83. The molecule has 1 N–H and O–H groups in total. The van der Waals surface area contributed by atoms with Crippen LogP contribution in [0, 0.1) is 5.92 Å². The van der Waals surface area contributed by atoms with E-state index in [0.717, 1.165) is 32.5 Å². The Kier molecular flexibility index (Phi) is 3.97. The van der Waals surface area contributed by atoms with E-state index in [4.69, 9.17) is 5.11 Å². The van der Waals surface area contributed by atoms with E-state index >= 15 is 0 Å². The molecule has 1 atom stereocenters. The minimum Gasteiger partial charge on any atom is -0.481 e. The van der Waals surface area contributed by atoms with Gasteiger partial charge in [0.25, 0.3) is 0 Å². The fourth-order valence-electron chi connectivity index (χ4n) is 3.41. The van der Waals surface area contributed by atoms with Crippen molar-refractivity contribution in [2.45, 2.75) is 25.8 Å². The quantitative estimate of drug-likeness (QED) is 0.919. The van der Waals surface area contributed by atoms with Gasteiger partial charge >= 0.3 is 5.97 Å². The second-order valence-corrected chi connectivity index (χ2v) is 6.10. The summed E-state index contributed by atoms with van der Waals surface area (Å²) in [6.07, 6.45) is 4.45. The lowest BCUT2D eigenvalue weighted by molar-refractivity contribution is -0.137. The van der Waals surface area contributed by atoms with Crippen molar-refractivity contribution < 1.29 is 9.90 Å². The monoisotopic (exact) mass is 286 g/mol. The van der Waals surface area contributed by atoms with Crippen LogP contribution in [0.1, 0.15) is 24.8 Å². The van der Waals surface area contributed by atoms with E-state index < -0.39 is 5.97 Å². The molecule has 0 radical (unpaired) electrons. The maximum absolute atomic E-state index is 10.7. The number of aryl methyl sites for hydroxylation is 1. The average Bonchev–Trinajstić information content (AvgIpc) is 3.03. The topological polar surface area (TPSA) is 45.5 Å². The van der Waals surface area contributed by atoms with E-state index in [1.807, 2.05) is 0 Å². The molecule has 1 aromatic heterocycles. The van der Waals surface area contributed by atoms with E-state index in [0.29, 0.717) is 12.3 Å². The highest BCUT2D eigenvalue weighted by atomic mass is 16.4. The van der Waals surface area contributed by atoms with Crippen molar-refractivity contribution in [3.05, 3.63) is 36.0 Å². The minimum absolute atomic E-state index is 0.298. The maximum atomic E-state index is 10.7. The first-order chi connectivity index (χ1) is 10.1. The van der Waals surface area contributed by atoms with Gasteiger partial charge in [0, 0.05) is 43.7 Å². The zero-order valence-electron chi connectivity index (χ0n) is 12.5. The summed E-state index contributed by atoms with van der Waals surface area (Å²) in [6, 6.07) is 8.50. The van der Waals surface area contributed by atoms with Gasteiger partial charge in [0.1, 0.15) is 0 Å². The van der Waals surface area contributed by atoms with Crippen molar-refractivity contribution in [2.75, 3.05) is 13.1 Å². The summed E-state index contributed by atoms with van der Waals surface area (Å²) in [4.78, 5) is 13.1. The molecule has 0 amide bonds. The van der Waals surface area contributed by atoms with Gasteiger partial charge in [-0.3, -0.25) is 9.69 Å². The number of carboxylic acid groups (broad SMARTS) is 1. The summed E-state index contributed by atoms with van der Waals surface area (Å²) in [7, 11) is 2.09. The maximum Gasteiger partial charge on any atom is 0.303 e. The van der Waals surface area contributed by atoms with E-state index in [-0.39, 0.29) is 0 Å². The Morgan fingerprint density at radius 1 is 1.38 bits per heavy atom. The minimum atomic E-state index is -0.678. The number of hydrogen-bond acceptors (Lipinski definition) is 2. The molecule has 1 unspecified atom stereocenters. The van der Waals surface area contributed by atoms with Crippen molar-refractivity contribution >= 4 is 16.9 Å². The van der Waals surface area contributed by atoms with Crippen LogP contribution in [0.15, 0.2) is 30.5 Å². The van der Waals surface area contributed by atoms with Crippen LogP contribution in [-0.2, 0) is 18.4 Å². The Hall–Kier alpha value is -1.81. The number of para-hydroxylation sites is 1. The smallest absolute Gasteiger partial charge is 0.303 e. The first kappa shape index (κ1) is 14.1. The van der Waals surface area contributed by atoms with Gasteiger partial charge in [-0.15, -0.1) is 0 Å². The molecule has 0 aliphatic carbocycles. The summed E-state index contributed by atoms with van der Waals surface area (Å²) in [6.45, 7) is 3.06. The van der Waals surface area contributed by atoms with E-state index in [2.05, 4.69) is 47.0 Å². The van der Waals surface area contributed by atoms with Gasteiger partial charge in [-0.05, 0) is 36.9 Å². The van der Waals surface area contributed by atoms with Crippen LogP contribution >= 0.6 is 0 Å². The standard InChI is InChI=1S/C17H22N2O2/c1-18-11-14(15-4-2-3-5-16(15)18)12-19-9-8-13(10-19)6-7-17(20)21/h2-5,11,13H,6-10,12H2,1H3,(H,20,21). The molecular weight excluding hydrogens is 264 g/mol. The van der Waals surface area contributed by atoms with Crippen molar-refractivity contribution in [2.24, 2.45) is 13.0 Å². The molecule has 1 aromatic carbocycles. The SMILES string of the molecule is Cn1cc(CN2CCC(CCC(=O)O)C2)c2ccccc21. The Bertz CT molecular complexity index is 647. The lowest BCUT2D eigenvalue weighted by atomic mass is 10.0. The normalized spacial score (nSPS) is 19.4. The van der Waals surface area contributed by atoms with E-state index in [1.54, 1.807) is 0 Å². The molecule has 1 aliphatic heterocycles.